The summed E-state index contributed by atoms with van der Waals surface area (Å²) in [4.78, 5) is 10.9. The number of primary amides is 1. The van der Waals surface area contributed by atoms with Crippen molar-refractivity contribution in [2.75, 3.05) is 31.0 Å². The van der Waals surface area contributed by atoms with Gasteiger partial charge in [-0.25, -0.2) is 16.8 Å². The van der Waals surface area contributed by atoms with Crippen molar-refractivity contribution in [3.8, 4) is 0 Å². The Hall–Kier alpha value is -0.710. The standard InChI is InChI=1S/C8H17N3O5S2/c1-17(13,14)6-18(15,16)11(5-8(9)12)7-2-3-10-4-7/h7,10H,2-6H2,1H3,(H2,9,12). The molecule has 0 radical (unpaired) electrons. The van der Waals surface area contributed by atoms with Crippen LogP contribution in [-0.4, -0.2) is 64.1 Å². The highest BCUT2D eigenvalue weighted by Gasteiger charge is 2.35. The highest BCUT2D eigenvalue weighted by Crippen LogP contribution is 2.14. The lowest BCUT2D eigenvalue weighted by Gasteiger charge is -2.25. The molecule has 1 rings (SSSR count). The normalized spacial score (nSPS) is 21.3. The summed E-state index contributed by atoms with van der Waals surface area (Å²) in [6, 6.07) is -0.427. The minimum absolute atomic E-state index is 0.385. The summed E-state index contributed by atoms with van der Waals surface area (Å²) < 4.78 is 47.1. The number of sulfonamides is 1. The molecular formula is C8H17N3O5S2. The number of nitrogens with two attached hydrogens (primary N) is 1. The second-order valence-electron chi connectivity index (χ2n) is 4.31. The van der Waals surface area contributed by atoms with Crippen LogP contribution in [0.2, 0.25) is 0 Å². The summed E-state index contributed by atoms with van der Waals surface area (Å²) in [5, 5.41) is 1.94. The van der Waals surface area contributed by atoms with Gasteiger partial charge in [-0.3, -0.25) is 4.79 Å². The molecule has 0 aromatic carbocycles. The first-order chi connectivity index (χ1) is 8.12. The van der Waals surface area contributed by atoms with Crippen LogP contribution in [0, 0.1) is 0 Å². The van der Waals surface area contributed by atoms with E-state index < -0.39 is 43.4 Å². The molecule has 1 atom stereocenters. The molecule has 1 unspecified atom stereocenters. The Balaban J connectivity index is 2.97. The highest BCUT2D eigenvalue weighted by molar-refractivity contribution is 8.06. The molecule has 3 N–H and O–H groups in total. The first-order valence-electron chi connectivity index (χ1n) is 5.28. The molecule has 1 heterocycles. The van der Waals surface area contributed by atoms with E-state index in [2.05, 4.69) is 5.32 Å². The molecule has 0 saturated carbocycles. The molecule has 0 aliphatic carbocycles. The number of amides is 1. The van der Waals surface area contributed by atoms with E-state index in [1.807, 2.05) is 0 Å². The molecule has 1 aliphatic heterocycles. The Morgan fingerprint density at radius 1 is 1.39 bits per heavy atom. The maximum atomic E-state index is 12.0. The minimum Gasteiger partial charge on any atom is -0.369 e. The van der Waals surface area contributed by atoms with Gasteiger partial charge in [0.1, 0.15) is 0 Å². The van der Waals surface area contributed by atoms with Gasteiger partial charge in [-0.15, -0.1) is 0 Å². The van der Waals surface area contributed by atoms with Gasteiger partial charge >= 0.3 is 0 Å². The van der Waals surface area contributed by atoms with Crippen molar-refractivity contribution < 1.29 is 21.6 Å². The Morgan fingerprint density at radius 3 is 2.39 bits per heavy atom. The quantitative estimate of drug-likeness (QED) is 0.557. The van der Waals surface area contributed by atoms with E-state index in [-0.39, 0.29) is 0 Å². The number of nitrogens with zero attached hydrogens (tertiary/aromatic N) is 1. The maximum Gasteiger partial charge on any atom is 0.232 e. The second-order valence-corrected chi connectivity index (χ2v) is 8.74. The van der Waals surface area contributed by atoms with Crippen molar-refractivity contribution in [1.82, 2.24) is 9.62 Å². The summed E-state index contributed by atoms with van der Waals surface area (Å²) in [5.74, 6) is -0.807. The van der Waals surface area contributed by atoms with Gasteiger partial charge in [0.15, 0.2) is 14.9 Å². The van der Waals surface area contributed by atoms with Gasteiger partial charge in [-0.1, -0.05) is 0 Å². The summed E-state index contributed by atoms with van der Waals surface area (Å²) >= 11 is 0. The molecule has 1 saturated heterocycles. The third-order valence-corrected chi connectivity index (χ3v) is 6.52. The molecule has 1 amide bonds. The minimum atomic E-state index is -4.05. The van der Waals surface area contributed by atoms with E-state index in [1.165, 1.54) is 0 Å². The SMILES string of the molecule is CS(=O)(=O)CS(=O)(=O)N(CC(N)=O)C1CCNC1. The topological polar surface area (TPSA) is 127 Å². The number of carbonyl (C=O) groups is 1. The van der Waals surface area contributed by atoms with E-state index in [1.54, 1.807) is 0 Å². The predicted octanol–water partition coefficient (Wildman–Crippen LogP) is -2.53. The summed E-state index contributed by atoms with van der Waals surface area (Å²) in [6.45, 7) is 0.509. The van der Waals surface area contributed by atoms with E-state index in [9.17, 15) is 21.6 Å². The van der Waals surface area contributed by atoms with Gasteiger partial charge in [0, 0.05) is 18.8 Å². The van der Waals surface area contributed by atoms with Crippen LogP contribution in [0.15, 0.2) is 0 Å². The van der Waals surface area contributed by atoms with Crippen molar-refractivity contribution >= 4 is 25.8 Å². The molecule has 8 nitrogen and oxygen atoms in total. The van der Waals surface area contributed by atoms with Crippen LogP contribution in [-0.2, 0) is 24.7 Å². The fraction of sp³-hybridized carbons (Fsp3) is 0.875. The summed E-state index contributed by atoms with van der Waals surface area (Å²) in [7, 11) is -7.75. The highest BCUT2D eigenvalue weighted by atomic mass is 32.3. The van der Waals surface area contributed by atoms with Crippen molar-refractivity contribution in [2.24, 2.45) is 5.73 Å². The van der Waals surface area contributed by atoms with Crippen molar-refractivity contribution in [2.45, 2.75) is 12.5 Å². The Morgan fingerprint density at radius 2 is 2.00 bits per heavy atom. The third-order valence-electron chi connectivity index (χ3n) is 2.47. The van der Waals surface area contributed by atoms with E-state index >= 15 is 0 Å². The van der Waals surface area contributed by atoms with Crippen molar-refractivity contribution in [3.05, 3.63) is 0 Å². The van der Waals surface area contributed by atoms with Gasteiger partial charge < -0.3 is 11.1 Å². The predicted molar refractivity (Wildman–Crippen MR) is 65.8 cm³/mol. The monoisotopic (exact) mass is 299 g/mol. The maximum absolute atomic E-state index is 12.0. The van der Waals surface area contributed by atoms with Crippen molar-refractivity contribution in [1.29, 1.82) is 0 Å². The zero-order chi connectivity index (χ0) is 14.0. The lowest BCUT2D eigenvalue weighted by molar-refractivity contribution is -0.118. The lowest BCUT2D eigenvalue weighted by Crippen LogP contribution is -2.47. The van der Waals surface area contributed by atoms with E-state index in [0.717, 1.165) is 10.6 Å². The van der Waals surface area contributed by atoms with Crippen LogP contribution >= 0.6 is 0 Å². The van der Waals surface area contributed by atoms with Gasteiger partial charge in [0.05, 0.1) is 6.54 Å². The van der Waals surface area contributed by atoms with Crippen LogP contribution in [0.25, 0.3) is 0 Å². The molecule has 0 bridgehead atoms. The second kappa shape index (κ2) is 5.51. The van der Waals surface area contributed by atoms with Crippen LogP contribution in [0.1, 0.15) is 6.42 Å². The zero-order valence-corrected chi connectivity index (χ0v) is 11.6. The average Bonchev–Trinajstić information content (AvgIpc) is 2.61. The average molecular weight is 299 g/mol. The molecule has 1 aliphatic rings. The third kappa shape index (κ3) is 4.52. The number of carbonyl (C=O) groups excluding carboxylic acids is 1. The van der Waals surface area contributed by atoms with Crippen LogP contribution in [0.5, 0.6) is 0 Å². The molecule has 1 fully saturated rings. The van der Waals surface area contributed by atoms with Gasteiger partial charge in [-0.2, -0.15) is 4.31 Å². The summed E-state index contributed by atoms with van der Waals surface area (Å²) in [5.41, 5.74) is 5.01. The molecule has 0 spiro atoms. The van der Waals surface area contributed by atoms with Crippen LogP contribution < -0.4 is 11.1 Å². The molecule has 0 aromatic rings. The first-order valence-corrected chi connectivity index (χ1v) is 8.95. The fourth-order valence-electron chi connectivity index (χ4n) is 1.83. The lowest BCUT2D eigenvalue weighted by atomic mass is 10.2. The van der Waals surface area contributed by atoms with Gasteiger partial charge in [-0.05, 0) is 13.0 Å². The molecule has 106 valence electrons. The number of rotatable bonds is 6. The van der Waals surface area contributed by atoms with Crippen LogP contribution in [0.3, 0.4) is 0 Å². The Bertz CT molecular complexity index is 507. The van der Waals surface area contributed by atoms with Gasteiger partial charge in [0.2, 0.25) is 15.9 Å². The van der Waals surface area contributed by atoms with Crippen LogP contribution in [0.4, 0.5) is 0 Å². The van der Waals surface area contributed by atoms with E-state index in [0.29, 0.717) is 19.5 Å². The fourth-order valence-corrected chi connectivity index (χ4v) is 5.50. The Labute approximate surface area is 106 Å². The number of hydrogen-bond acceptors (Lipinski definition) is 6. The molecule has 10 heteroatoms. The smallest absolute Gasteiger partial charge is 0.232 e. The molecular weight excluding hydrogens is 282 g/mol. The first kappa shape index (κ1) is 15.3. The van der Waals surface area contributed by atoms with E-state index in [4.69, 9.17) is 5.73 Å². The molecule has 0 aromatic heterocycles. The number of sulfone groups is 1. The zero-order valence-electron chi connectivity index (χ0n) is 10.00. The molecule has 18 heavy (non-hydrogen) atoms. The van der Waals surface area contributed by atoms with Gasteiger partial charge in [0.25, 0.3) is 0 Å². The number of nitrogens with one attached hydrogen (secondary N) is 1. The Kier molecular flexibility index (Phi) is 4.70. The summed E-state index contributed by atoms with van der Waals surface area (Å²) in [6.07, 6.45) is 1.36. The number of hydrogen-bond donors (Lipinski definition) is 2. The van der Waals surface area contributed by atoms with Crippen molar-refractivity contribution in [3.63, 3.8) is 0 Å². The largest absolute Gasteiger partial charge is 0.369 e.